The van der Waals surface area contributed by atoms with Gasteiger partial charge in [0.15, 0.2) is 5.17 Å². The molecule has 0 aliphatic carbocycles. The summed E-state index contributed by atoms with van der Waals surface area (Å²) < 4.78 is 1.05. The molecule has 0 aliphatic rings. The zero-order valence-corrected chi connectivity index (χ0v) is 9.73. The highest BCUT2D eigenvalue weighted by atomic mass is 79.9. The molecule has 0 spiro atoms. The summed E-state index contributed by atoms with van der Waals surface area (Å²) in [6, 6.07) is 7.74. The molecule has 0 heterocycles. The molecule has 2 N–H and O–H groups in total. The lowest BCUT2D eigenvalue weighted by Gasteiger charge is -1.97. The summed E-state index contributed by atoms with van der Waals surface area (Å²) >= 11 is 4.90. The first-order chi connectivity index (χ1) is 6.22. The Morgan fingerprint density at radius 3 is 2.62 bits per heavy atom. The quantitative estimate of drug-likeness (QED) is 0.654. The van der Waals surface area contributed by atoms with Crippen molar-refractivity contribution in [3.8, 4) is 0 Å². The van der Waals surface area contributed by atoms with E-state index in [1.807, 2.05) is 24.3 Å². The summed E-state index contributed by atoms with van der Waals surface area (Å²) in [5, 5.41) is 0.616. The zero-order valence-electron chi connectivity index (χ0n) is 7.33. The molecule has 1 aromatic rings. The van der Waals surface area contributed by atoms with Gasteiger partial charge in [-0.1, -0.05) is 34.6 Å². The van der Waals surface area contributed by atoms with E-state index < -0.39 is 0 Å². The van der Waals surface area contributed by atoms with Crippen LogP contribution in [0.3, 0.4) is 0 Å². The molecule has 70 valence electrons. The summed E-state index contributed by atoms with van der Waals surface area (Å²) in [5.41, 5.74) is 6.55. The highest BCUT2D eigenvalue weighted by molar-refractivity contribution is 9.10. The lowest BCUT2D eigenvalue weighted by Crippen LogP contribution is -2.05. The molecule has 0 bridgehead atoms. The van der Waals surface area contributed by atoms with Crippen LogP contribution in [-0.2, 0) is 0 Å². The van der Waals surface area contributed by atoms with Crippen LogP contribution in [0.5, 0.6) is 0 Å². The monoisotopic (exact) mass is 258 g/mol. The second-order valence-electron chi connectivity index (χ2n) is 2.36. The first-order valence-corrected chi connectivity index (χ1v) is 5.72. The average Bonchev–Trinajstić information content (AvgIpc) is 2.09. The minimum Gasteiger partial charge on any atom is -0.378 e. The van der Waals surface area contributed by atoms with Gasteiger partial charge < -0.3 is 5.73 Å². The molecule has 0 saturated carbocycles. The van der Waals surface area contributed by atoms with Crippen molar-refractivity contribution in [3.05, 3.63) is 28.7 Å². The standard InChI is InChI=1S/C9H11BrN2S/c1-2-13-9(11)12-8-5-3-7(10)4-6-8/h3-6H,2H2,1H3,(H2,11,12). The van der Waals surface area contributed by atoms with Crippen molar-refractivity contribution in [1.29, 1.82) is 0 Å². The van der Waals surface area contributed by atoms with E-state index in [-0.39, 0.29) is 0 Å². The Morgan fingerprint density at radius 1 is 1.46 bits per heavy atom. The maximum atomic E-state index is 5.66. The Morgan fingerprint density at radius 2 is 2.08 bits per heavy atom. The van der Waals surface area contributed by atoms with Crippen LogP contribution in [0.4, 0.5) is 5.69 Å². The molecule has 4 heteroatoms. The lowest BCUT2D eigenvalue weighted by molar-refractivity contribution is 1.48. The van der Waals surface area contributed by atoms with Crippen LogP contribution in [0.15, 0.2) is 33.7 Å². The van der Waals surface area contributed by atoms with Crippen molar-refractivity contribution < 1.29 is 0 Å². The van der Waals surface area contributed by atoms with E-state index in [1.165, 1.54) is 0 Å². The summed E-state index contributed by atoms with van der Waals surface area (Å²) in [7, 11) is 0. The Balaban J connectivity index is 2.73. The minimum absolute atomic E-state index is 0.616. The van der Waals surface area contributed by atoms with Gasteiger partial charge in [0.2, 0.25) is 0 Å². The molecule has 0 fully saturated rings. The number of aliphatic imine (C=N–C) groups is 1. The van der Waals surface area contributed by atoms with Crippen molar-refractivity contribution in [2.75, 3.05) is 5.75 Å². The largest absolute Gasteiger partial charge is 0.378 e. The number of benzene rings is 1. The second kappa shape index (κ2) is 5.29. The average molecular weight is 259 g/mol. The van der Waals surface area contributed by atoms with Crippen LogP contribution in [0.1, 0.15) is 6.92 Å². The summed E-state index contributed by atoms with van der Waals surface area (Å²) in [4.78, 5) is 4.23. The van der Waals surface area contributed by atoms with Gasteiger partial charge in [0.25, 0.3) is 0 Å². The van der Waals surface area contributed by atoms with Gasteiger partial charge in [0.05, 0.1) is 5.69 Å². The third-order valence-corrected chi connectivity index (χ3v) is 2.56. The molecule has 0 radical (unpaired) electrons. The van der Waals surface area contributed by atoms with Crippen LogP contribution < -0.4 is 5.73 Å². The fourth-order valence-corrected chi connectivity index (χ4v) is 1.55. The fraction of sp³-hybridized carbons (Fsp3) is 0.222. The Hall–Kier alpha value is -0.480. The molecular weight excluding hydrogens is 248 g/mol. The lowest BCUT2D eigenvalue weighted by atomic mass is 10.3. The Kier molecular flexibility index (Phi) is 4.32. The third-order valence-electron chi connectivity index (χ3n) is 1.36. The highest BCUT2D eigenvalue weighted by Gasteiger charge is 1.92. The Labute approximate surface area is 90.8 Å². The number of thioether (sulfide) groups is 1. The van der Waals surface area contributed by atoms with E-state index >= 15 is 0 Å². The fourth-order valence-electron chi connectivity index (χ4n) is 0.823. The smallest absolute Gasteiger partial charge is 0.159 e. The van der Waals surface area contributed by atoms with Crippen molar-refractivity contribution in [1.82, 2.24) is 0 Å². The van der Waals surface area contributed by atoms with Crippen LogP contribution in [0.2, 0.25) is 0 Å². The molecule has 0 aliphatic heterocycles. The normalized spacial score (nSPS) is 11.7. The number of halogens is 1. The van der Waals surface area contributed by atoms with E-state index in [2.05, 4.69) is 27.8 Å². The van der Waals surface area contributed by atoms with Gasteiger partial charge in [-0.2, -0.15) is 0 Å². The molecular formula is C9H11BrN2S. The van der Waals surface area contributed by atoms with Gasteiger partial charge in [0.1, 0.15) is 0 Å². The molecule has 1 aromatic carbocycles. The molecule has 0 saturated heterocycles. The highest BCUT2D eigenvalue weighted by Crippen LogP contribution is 2.17. The molecule has 1 rings (SSSR count). The molecule has 0 atom stereocenters. The number of hydrogen-bond acceptors (Lipinski definition) is 2. The van der Waals surface area contributed by atoms with Crippen molar-refractivity contribution in [2.24, 2.45) is 10.7 Å². The summed E-state index contributed by atoms with van der Waals surface area (Å²) in [6.07, 6.45) is 0. The number of nitrogens with zero attached hydrogens (tertiary/aromatic N) is 1. The number of amidine groups is 1. The minimum atomic E-state index is 0.616. The van der Waals surface area contributed by atoms with Crippen molar-refractivity contribution in [3.63, 3.8) is 0 Å². The maximum Gasteiger partial charge on any atom is 0.159 e. The maximum absolute atomic E-state index is 5.66. The van der Waals surface area contributed by atoms with E-state index in [4.69, 9.17) is 5.73 Å². The number of nitrogens with two attached hydrogens (primary N) is 1. The predicted molar refractivity (Wildman–Crippen MR) is 63.6 cm³/mol. The molecule has 0 unspecified atom stereocenters. The van der Waals surface area contributed by atoms with E-state index in [0.717, 1.165) is 15.9 Å². The van der Waals surface area contributed by atoms with Crippen molar-refractivity contribution in [2.45, 2.75) is 6.92 Å². The van der Waals surface area contributed by atoms with Gasteiger partial charge in [0, 0.05) is 4.47 Å². The summed E-state index contributed by atoms with van der Waals surface area (Å²) in [5.74, 6) is 0.950. The predicted octanol–water partition coefficient (Wildman–Crippen LogP) is 3.15. The Bertz CT molecular complexity index is 295. The molecule has 0 aromatic heterocycles. The number of hydrogen-bond donors (Lipinski definition) is 1. The van der Waals surface area contributed by atoms with E-state index in [9.17, 15) is 0 Å². The van der Waals surface area contributed by atoms with Crippen LogP contribution >= 0.6 is 27.7 Å². The zero-order chi connectivity index (χ0) is 9.68. The van der Waals surface area contributed by atoms with Crippen LogP contribution in [0, 0.1) is 0 Å². The second-order valence-corrected chi connectivity index (χ2v) is 4.56. The van der Waals surface area contributed by atoms with Gasteiger partial charge >= 0.3 is 0 Å². The summed E-state index contributed by atoms with van der Waals surface area (Å²) in [6.45, 7) is 2.05. The van der Waals surface area contributed by atoms with E-state index in [1.54, 1.807) is 11.8 Å². The van der Waals surface area contributed by atoms with Crippen LogP contribution in [-0.4, -0.2) is 10.9 Å². The third kappa shape index (κ3) is 3.83. The van der Waals surface area contributed by atoms with E-state index in [0.29, 0.717) is 5.17 Å². The van der Waals surface area contributed by atoms with Gasteiger partial charge in [-0.25, -0.2) is 4.99 Å². The number of rotatable bonds is 2. The molecule has 2 nitrogen and oxygen atoms in total. The molecule has 13 heavy (non-hydrogen) atoms. The van der Waals surface area contributed by atoms with Crippen LogP contribution in [0.25, 0.3) is 0 Å². The van der Waals surface area contributed by atoms with Gasteiger partial charge in [-0.15, -0.1) is 0 Å². The first-order valence-electron chi connectivity index (χ1n) is 3.95. The van der Waals surface area contributed by atoms with Gasteiger partial charge in [-0.3, -0.25) is 0 Å². The van der Waals surface area contributed by atoms with Crippen molar-refractivity contribution >= 4 is 38.5 Å². The first kappa shape index (κ1) is 10.6. The molecule has 0 amide bonds. The topological polar surface area (TPSA) is 38.4 Å². The SMILES string of the molecule is CCSC(N)=Nc1ccc(Br)cc1. The van der Waals surface area contributed by atoms with Gasteiger partial charge in [-0.05, 0) is 30.0 Å².